The van der Waals surface area contributed by atoms with Gasteiger partial charge in [0.2, 0.25) is 0 Å². The van der Waals surface area contributed by atoms with Crippen LogP contribution in [-0.4, -0.2) is 24.6 Å². The van der Waals surface area contributed by atoms with Crippen LogP contribution >= 0.6 is 0 Å². The van der Waals surface area contributed by atoms with Crippen molar-refractivity contribution < 1.29 is 13.9 Å². The second-order valence-electron chi connectivity index (χ2n) is 5.35. The van der Waals surface area contributed by atoms with Gasteiger partial charge in [-0.3, -0.25) is 4.79 Å². The largest absolute Gasteiger partial charge is 0.478 e. The summed E-state index contributed by atoms with van der Waals surface area (Å²) in [6, 6.07) is 5.13. The lowest BCUT2D eigenvalue weighted by Gasteiger charge is -2.15. The highest BCUT2D eigenvalue weighted by Gasteiger charge is 2.16. The van der Waals surface area contributed by atoms with Crippen LogP contribution in [-0.2, 0) is 11.3 Å². The molecule has 2 N–H and O–H groups in total. The summed E-state index contributed by atoms with van der Waals surface area (Å²) in [4.78, 5) is 11.7. The van der Waals surface area contributed by atoms with E-state index >= 15 is 0 Å². The fraction of sp³-hybridized carbons (Fsp3) is 0.562. The van der Waals surface area contributed by atoms with Crippen LogP contribution in [0.4, 0.5) is 4.39 Å². The van der Waals surface area contributed by atoms with Crippen molar-refractivity contribution in [3.8, 4) is 5.75 Å². The molecule has 0 aromatic heterocycles. The maximum Gasteiger partial charge on any atom is 0.260 e. The number of halogens is 1. The zero-order valence-corrected chi connectivity index (χ0v) is 13.2. The van der Waals surface area contributed by atoms with Crippen molar-refractivity contribution in [2.45, 2.75) is 52.8 Å². The summed E-state index contributed by atoms with van der Waals surface area (Å²) in [7, 11) is 0. The molecule has 1 rings (SSSR count). The van der Waals surface area contributed by atoms with Crippen molar-refractivity contribution in [2.24, 2.45) is 0 Å². The Kier molecular flexibility index (Phi) is 7.15. The van der Waals surface area contributed by atoms with Crippen molar-refractivity contribution in [3.05, 3.63) is 29.6 Å². The Labute approximate surface area is 126 Å². The number of rotatable bonds is 8. The minimum absolute atomic E-state index is 0.0995. The molecule has 1 aromatic carbocycles. The van der Waals surface area contributed by atoms with E-state index in [1.54, 1.807) is 19.1 Å². The first-order chi connectivity index (χ1) is 9.93. The standard InChI is InChI=1S/C16H25FN2O2/c1-5-8-18-16(20)12(4)21-15-7-6-13(9-14(15)17)10-19-11(2)3/h6-7,9,11-12,19H,5,8,10H2,1-4H3,(H,18,20). The van der Waals surface area contributed by atoms with E-state index in [2.05, 4.69) is 10.6 Å². The third kappa shape index (κ3) is 6.12. The SMILES string of the molecule is CCCNC(=O)C(C)Oc1ccc(CNC(C)C)cc1F. The van der Waals surface area contributed by atoms with Crippen molar-refractivity contribution in [3.63, 3.8) is 0 Å². The predicted octanol–water partition coefficient (Wildman–Crippen LogP) is 2.62. The Morgan fingerprint density at radius 1 is 1.33 bits per heavy atom. The Balaban J connectivity index is 2.61. The third-order valence-corrected chi connectivity index (χ3v) is 2.93. The summed E-state index contributed by atoms with van der Waals surface area (Å²) in [6.07, 6.45) is 0.135. The topological polar surface area (TPSA) is 50.4 Å². The number of amides is 1. The van der Waals surface area contributed by atoms with Crippen LogP contribution in [0.5, 0.6) is 5.75 Å². The van der Waals surface area contributed by atoms with Crippen LogP contribution in [0.3, 0.4) is 0 Å². The molecule has 5 heteroatoms. The maximum absolute atomic E-state index is 14.0. The van der Waals surface area contributed by atoms with Crippen LogP contribution in [0.1, 0.15) is 39.7 Å². The van der Waals surface area contributed by atoms with Gasteiger partial charge in [0, 0.05) is 19.1 Å². The van der Waals surface area contributed by atoms with E-state index in [0.29, 0.717) is 19.1 Å². The Hall–Kier alpha value is -1.62. The normalized spacial score (nSPS) is 12.3. The van der Waals surface area contributed by atoms with E-state index in [1.807, 2.05) is 20.8 Å². The molecule has 0 aliphatic heterocycles. The van der Waals surface area contributed by atoms with Crippen molar-refractivity contribution >= 4 is 5.91 Å². The molecule has 21 heavy (non-hydrogen) atoms. The summed E-state index contributed by atoms with van der Waals surface area (Å²) in [5.41, 5.74) is 0.844. The summed E-state index contributed by atoms with van der Waals surface area (Å²) < 4.78 is 19.3. The molecular weight excluding hydrogens is 271 g/mol. The number of nitrogens with one attached hydrogen (secondary N) is 2. The van der Waals surface area contributed by atoms with Gasteiger partial charge >= 0.3 is 0 Å². The predicted molar refractivity (Wildman–Crippen MR) is 81.8 cm³/mol. The van der Waals surface area contributed by atoms with E-state index in [4.69, 9.17) is 4.74 Å². The average molecular weight is 296 g/mol. The molecule has 0 aliphatic carbocycles. The van der Waals surface area contributed by atoms with Crippen LogP contribution in [0.15, 0.2) is 18.2 Å². The minimum atomic E-state index is -0.717. The molecule has 1 aromatic rings. The zero-order chi connectivity index (χ0) is 15.8. The molecular formula is C16H25FN2O2. The Morgan fingerprint density at radius 3 is 2.62 bits per heavy atom. The molecule has 0 radical (unpaired) electrons. The number of hydrogen-bond acceptors (Lipinski definition) is 3. The molecule has 4 nitrogen and oxygen atoms in total. The maximum atomic E-state index is 14.0. The molecule has 118 valence electrons. The van der Waals surface area contributed by atoms with E-state index in [-0.39, 0.29) is 11.7 Å². The molecule has 0 spiro atoms. The summed E-state index contributed by atoms with van der Waals surface area (Å²) in [5, 5.41) is 5.94. The van der Waals surface area contributed by atoms with Gasteiger partial charge in [-0.2, -0.15) is 0 Å². The lowest BCUT2D eigenvalue weighted by atomic mass is 10.2. The number of carbonyl (C=O) groups excluding carboxylic acids is 1. The van der Waals surface area contributed by atoms with Gasteiger partial charge in [0.1, 0.15) is 0 Å². The van der Waals surface area contributed by atoms with Crippen molar-refractivity contribution in [1.29, 1.82) is 0 Å². The third-order valence-electron chi connectivity index (χ3n) is 2.93. The van der Waals surface area contributed by atoms with Gasteiger partial charge < -0.3 is 15.4 Å². The summed E-state index contributed by atoms with van der Waals surface area (Å²) in [5.74, 6) is -0.586. The number of benzene rings is 1. The molecule has 0 bridgehead atoms. The second kappa shape index (κ2) is 8.62. The first kappa shape index (κ1) is 17.4. The zero-order valence-electron chi connectivity index (χ0n) is 13.2. The van der Waals surface area contributed by atoms with Crippen LogP contribution in [0, 0.1) is 5.82 Å². The highest BCUT2D eigenvalue weighted by molar-refractivity contribution is 5.80. The number of carbonyl (C=O) groups is 1. The quantitative estimate of drug-likeness (QED) is 0.775. The van der Waals surface area contributed by atoms with E-state index < -0.39 is 11.9 Å². The van der Waals surface area contributed by atoms with Crippen molar-refractivity contribution in [2.75, 3.05) is 6.54 Å². The highest BCUT2D eigenvalue weighted by atomic mass is 19.1. The molecule has 1 atom stereocenters. The number of hydrogen-bond donors (Lipinski definition) is 2. The smallest absolute Gasteiger partial charge is 0.260 e. The molecule has 1 amide bonds. The molecule has 0 saturated carbocycles. The lowest BCUT2D eigenvalue weighted by molar-refractivity contribution is -0.127. The molecule has 0 saturated heterocycles. The Bertz CT molecular complexity index is 464. The monoisotopic (exact) mass is 296 g/mol. The minimum Gasteiger partial charge on any atom is -0.478 e. The van der Waals surface area contributed by atoms with E-state index in [9.17, 15) is 9.18 Å². The second-order valence-corrected chi connectivity index (χ2v) is 5.35. The molecule has 1 unspecified atom stereocenters. The fourth-order valence-electron chi connectivity index (χ4n) is 1.71. The van der Waals surface area contributed by atoms with Gasteiger partial charge in [-0.15, -0.1) is 0 Å². The van der Waals surface area contributed by atoms with Gasteiger partial charge in [-0.1, -0.05) is 26.8 Å². The number of ether oxygens (including phenoxy) is 1. The van der Waals surface area contributed by atoms with E-state index in [0.717, 1.165) is 12.0 Å². The van der Waals surface area contributed by atoms with Crippen molar-refractivity contribution in [1.82, 2.24) is 10.6 Å². The van der Waals surface area contributed by atoms with Gasteiger partial charge in [-0.25, -0.2) is 4.39 Å². The van der Waals surface area contributed by atoms with Gasteiger partial charge in [0.25, 0.3) is 5.91 Å². The highest BCUT2D eigenvalue weighted by Crippen LogP contribution is 2.19. The molecule has 0 fully saturated rings. The van der Waals surface area contributed by atoms with Crippen LogP contribution in [0.2, 0.25) is 0 Å². The van der Waals surface area contributed by atoms with Crippen LogP contribution in [0.25, 0.3) is 0 Å². The lowest BCUT2D eigenvalue weighted by Crippen LogP contribution is -2.36. The summed E-state index contributed by atoms with van der Waals surface area (Å²) >= 11 is 0. The van der Waals surface area contributed by atoms with Gasteiger partial charge in [0.05, 0.1) is 0 Å². The average Bonchev–Trinajstić information content (AvgIpc) is 2.44. The Morgan fingerprint density at radius 2 is 2.05 bits per heavy atom. The molecule has 0 aliphatic rings. The van der Waals surface area contributed by atoms with Gasteiger partial charge in [0.15, 0.2) is 17.7 Å². The first-order valence-corrected chi connectivity index (χ1v) is 7.40. The van der Waals surface area contributed by atoms with Crippen LogP contribution < -0.4 is 15.4 Å². The first-order valence-electron chi connectivity index (χ1n) is 7.40. The fourth-order valence-corrected chi connectivity index (χ4v) is 1.71. The van der Waals surface area contributed by atoms with Gasteiger partial charge in [-0.05, 0) is 31.0 Å². The summed E-state index contributed by atoms with van der Waals surface area (Å²) in [6.45, 7) is 8.83. The molecule has 0 heterocycles. The van der Waals surface area contributed by atoms with E-state index in [1.165, 1.54) is 6.07 Å².